The number of amides is 1. The van der Waals surface area contributed by atoms with Crippen LogP contribution in [0.3, 0.4) is 0 Å². The fraction of sp³-hybridized carbons (Fsp3) is 0.350. The number of hydrazone groups is 1. The summed E-state index contributed by atoms with van der Waals surface area (Å²) >= 11 is 0. The van der Waals surface area contributed by atoms with Crippen molar-refractivity contribution in [2.45, 2.75) is 18.6 Å². The molecule has 2 atom stereocenters. The van der Waals surface area contributed by atoms with E-state index in [1.54, 1.807) is 4.90 Å². The van der Waals surface area contributed by atoms with E-state index in [2.05, 4.69) is 20.5 Å². The second-order valence-electron chi connectivity index (χ2n) is 7.48. The molecular weight excluding hydrogens is 430 g/mol. The summed E-state index contributed by atoms with van der Waals surface area (Å²) in [7, 11) is 0. The summed E-state index contributed by atoms with van der Waals surface area (Å²) < 4.78 is 53.5. The van der Waals surface area contributed by atoms with Crippen molar-refractivity contribution in [2.24, 2.45) is 11.0 Å². The zero-order chi connectivity index (χ0) is 22.9. The summed E-state index contributed by atoms with van der Waals surface area (Å²) in [6, 6.07) is 4.65. The highest BCUT2D eigenvalue weighted by Crippen LogP contribution is 2.37. The summed E-state index contributed by atoms with van der Waals surface area (Å²) in [4.78, 5) is 23.9. The van der Waals surface area contributed by atoms with Gasteiger partial charge in [0.15, 0.2) is 0 Å². The lowest BCUT2D eigenvalue weighted by atomic mass is 9.82. The quantitative estimate of drug-likeness (QED) is 0.416. The van der Waals surface area contributed by atoms with E-state index in [1.807, 2.05) is 0 Å². The molecule has 2 aliphatic rings. The smallest absolute Gasteiger partial charge is 0.336 e. The fourth-order valence-electron chi connectivity index (χ4n) is 3.99. The van der Waals surface area contributed by atoms with Gasteiger partial charge in [-0.3, -0.25) is 10.2 Å². The number of anilines is 2. The van der Waals surface area contributed by atoms with Gasteiger partial charge in [0.25, 0.3) is 5.91 Å². The van der Waals surface area contributed by atoms with E-state index in [4.69, 9.17) is 5.41 Å². The normalized spacial score (nSPS) is 20.6. The van der Waals surface area contributed by atoms with E-state index in [-0.39, 0.29) is 35.7 Å². The number of hydrogen-bond donors (Lipinski definition) is 2. The third-order valence-electron chi connectivity index (χ3n) is 5.59. The summed E-state index contributed by atoms with van der Waals surface area (Å²) in [5, 5.41) is 10.7. The van der Waals surface area contributed by atoms with Gasteiger partial charge in [0.2, 0.25) is 5.95 Å². The molecule has 8 nitrogen and oxygen atoms in total. The van der Waals surface area contributed by atoms with Gasteiger partial charge in [0.05, 0.1) is 17.9 Å². The third kappa shape index (κ3) is 4.12. The van der Waals surface area contributed by atoms with Crippen molar-refractivity contribution in [3.05, 3.63) is 47.5 Å². The highest BCUT2D eigenvalue weighted by atomic mass is 19.4. The molecule has 2 fully saturated rings. The second kappa shape index (κ2) is 8.52. The molecule has 12 heteroatoms. The lowest BCUT2D eigenvalue weighted by Gasteiger charge is -2.53. The number of likely N-dealkylation sites (tertiary alicyclic amines) is 1. The maximum absolute atomic E-state index is 14.5. The first kappa shape index (κ1) is 21.7. The molecule has 1 aromatic carbocycles. The third-order valence-corrected chi connectivity index (χ3v) is 5.59. The first-order valence-corrected chi connectivity index (χ1v) is 9.82. The Morgan fingerprint density at radius 1 is 1.28 bits per heavy atom. The Balaban J connectivity index is 1.53. The van der Waals surface area contributed by atoms with Crippen molar-refractivity contribution in [2.75, 3.05) is 30.0 Å². The van der Waals surface area contributed by atoms with Crippen molar-refractivity contribution < 1.29 is 22.4 Å². The standard InChI is InChI=1S/C20H19F4N7O/c21-13-2-1-3-14(29-27-8-6-25)17(13)18(32)30-9-5-12-10-31(15(12)11-30)19-26-7-4-16(28-19)20(22,23)24/h1-4,6-8,12,15,25,29H,5,9-11H2/b25-6?,27-8-. The second-order valence-corrected chi connectivity index (χ2v) is 7.48. The van der Waals surface area contributed by atoms with E-state index in [0.29, 0.717) is 19.5 Å². The number of alkyl halides is 3. The van der Waals surface area contributed by atoms with Gasteiger partial charge in [0, 0.05) is 38.0 Å². The number of fused-ring (bicyclic) bond motifs is 1. The number of nitrogens with one attached hydrogen (secondary N) is 2. The van der Waals surface area contributed by atoms with Crippen molar-refractivity contribution >= 4 is 30.0 Å². The average Bonchev–Trinajstić information content (AvgIpc) is 2.74. The van der Waals surface area contributed by atoms with Gasteiger partial charge < -0.3 is 15.2 Å². The molecule has 0 radical (unpaired) electrons. The van der Waals surface area contributed by atoms with Crippen LogP contribution in [0.15, 0.2) is 35.6 Å². The van der Waals surface area contributed by atoms with E-state index in [1.165, 1.54) is 17.0 Å². The van der Waals surface area contributed by atoms with Crippen LogP contribution in [0.2, 0.25) is 0 Å². The molecule has 2 N–H and O–H groups in total. The molecule has 2 aliphatic heterocycles. The Bertz CT molecular complexity index is 1060. The molecule has 0 aliphatic carbocycles. The maximum Gasteiger partial charge on any atom is 0.433 e. The zero-order valence-electron chi connectivity index (χ0n) is 16.7. The van der Waals surface area contributed by atoms with Gasteiger partial charge >= 0.3 is 6.18 Å². The SMILES string of the molecule is N=C/C=N\Nc1cccc(F)c1C(=O)N1CCC2CN(c3nccc(C(F)(F)F)n3)C2C1. The number of benzene rings is 1. The van der Waals surface area contributed by atoms with Gasteiger partial charge in [-0.1, -0.05) is 6.07 Å². The summed E-state index contributed by atoms with van der Waals surface area (Å²) in [6.45, 7) is 1.11. The Hall–Kier alpha value is -3.57. The van der Waals surface area contributed by atoms with Crippen LogP contribution < -0.4 is 10.3 Å². The largest absolute Gasteiger partial charge is 0.433 e. The van der Waals surface area contributed by atoms with Crippen LogP contribution in [0.5, 0.6) is 0 Å². The van der Waals surface area contributed by atoms with Crippen molar-refractivity contribution in [3.8, 4) is 0 Å². The Kier molecular flexibility index (Phi) is 5.76. The molecule has 0 spiro atoms. The number of halogens is 4. The Morgan fingerprint density at radius 2 is 2.09 bits per heavy atom. The molecule has 0 bridgehead atoms. The monoisotopic (exact) mass is 449 g/mol. The Labute approximate surface area is 180 Å². The minimum atomic E-state index is -4.58. The topological polar surface area (TPSA) is 97.6 Å². The molecule has 1 aromatic heterocycles. The first-order chi connectivity index (χ1) is 15.3. The number of piperidine rings is 1. The van der Waals surface area contributed by atoms with Crippen LogP contribution in [0.1, 0.15) is 22.5 Å². The zero-order valence-corrected chi connectivity index (χ0v) is 16.7. The number of carbonyl (C=O) groups is 1. The summed E-state index contributed by atoms with van der Waals surface area (Å²) in [5.74, 6) is -1.12. The van der Waals surface area contributed by atoms with Crippen LogP contribution in [-0.4, -0.2) is 58.9 Å². The van der Waals surface area contributed by atoms with Crippen LogP contribution in [-0.2, 0) is 6.18 Å². The van der Waals surface area contributed by atoms with Gasteiger partial charge in [-0.2, -0.15) is 18.3 Å². The summed E-state index contributed by atoms with van der Waals surface area (Å²) in [5.41, 5.74) is 1.50. The number of nitrogens with zero attached hydrogens (tertiary/aromatic N) is 5. The molecule has 2 saturated heterocycles. The molecule has 3 heterocycles. The average molecular weight is 449 g/mol. The highest BCUT2D eigenvalue weighted by molar-refractivity contribution is 6.14. The van der Waals surface area contributed by atoms with Crippen molar-refractivity contribution in [1.29, 1.82) is 5.41 Å². The lowest BCUT2D eigenvalue weighted by Crippen LogP contribution is -2.65. The van der Waals surface area contributed by atoms with E-state index in [0.717, 1.165) is 30.8 Å². The molecule has 2 aromatic rings. The maximum atomic E-state index is 14.5. The predicted octanol–water partition coefficient (Wildman–Crippen LogP) is 3.03. The van der Waals surface area contributed by atoms with Gasteiger partial charge in [-0.05, 0) is 24.6 Å². The van der Waals surface area contributed by atoms with Crippen LogP contribution in [0, 0.1) is 17.1 Å². The molecular formula is C20H19F4N7O. The fourth-order valence-corrected chi connectivity index (χ4v) is 3.99. The van der Waals surface area contributed by atoms with E-state index >= 15 is 0 Å². The molecule has 2 unspecified atom stereocenters. The number of hydrogen-bond acceptors (Lipinski definition) is 7. The van der Waals surface area contributed by atoms with Crippen LogP contribution >= 0.6 is 0 Å². The summed E-state index contributed by atoms with van der Waals surface area (Å²) in [6.07, 6.45) is -0.804. The molecule has 4 rings (SSSR count). The molecule has 0 saturated carbocycles. The molecule has 1 amide bonds. The van der Waals surface area contributed by atoms with Crippen molar-refractivity contribution in [3.63, 3.8) is 0 Å². The van der Waals surface area contributed by atoms with Gasteiger partial charge in [0.1, 0.15) is 17.1 Å². The molecule has 168 valence electrons. The van der Waals surface area contributed by atoms with Crippen molar-refractivity contribution in [1.82, 2.24) is 14.9 Å². The molecule has 32 heavy (non-hydrogen) atoms. The highest BCUT2D eigenvalue weighted by Gasteiger charge is 2.46. The minimum absolute atomic E-state index is 0.0374. The number of aromatic nitrogens is 2. The number of carbonyl (C=O) groups excluding carboxylic acids is 1. The van der Waals surface area contributed by atoms with E-state index < -0.39 is 23.6 Å². The van der Waals surface area contributed by atoms with E-state index in [9.17, 15) is 22.4 Å². The van der Waals surface area contributed by atoms with Crippen LogP contribution in [0.4, 0.5) is 29.2 Å². The minimum Gasteiger partial charge on any atom is -0.336 e. The Morgan fingerprint density at radius 3 is 2.84 bits per heavy atom. The van der Waals surface area contributed by atoms with Gasteiger partial charge in [-0.25, -0.2) is 14.4 Å². The number of rotatable bonds is 5. The lowest BCUT2D eigenvalue weighted by molar-refractivity contribution is -0.141. The van der Waals surface area contributed by atoms with Gasteiger partial charge in [-0.15, -0.1) is 0 Å². The predicted molar refractivity (Wildman–Crippen MR) is 109 cm³/mol. The van der Waals surface area contributed by atoms with Crippen LogP contribution in [0.25, 0.3) is 0 Å². The first-order valence-electron chi connectivity index (χ1n) is 9.82.